The minimum Gasteiger partial charge on any atom is -0.497 e. The number of anilines is 1. The van der Waals surface area contributed by atoms with Crippen LogP contribution < -0.4 is 10.1 Å². The van der Waals surface area contributed by atoms with Gasteiger partial charge in [-0.25, -0.2) is 0 Å². The third-order valence-corrected chi connectivity index (χ3v) is 4.39. The predicted octanol–water partition coefficient (Wildman–Crippen LogP) is 3.82. The van der Waals surface area contributed by atoms with Gasteiger partial charge in [0.05, 0.1) is 18.4 Å². The predicted molar refractivity (Wildman–Crippen MR) is 94.8 cm³/mol. The summed E-state index contributed by atoms with van der Waals surface area (Å²) >= 11 is 0. The largest absolute Gasteiger partial charge is 0.497 e. The first-order valence-corrected chi connectivity index (χ1v) is 7.99. The van der Waals surface area contributed by atoms with Crippen molar-refractivity contribution in [3.05, 3.63) is 71.8 Å². The molecule has 0 fully saturated rings. The second-order valence-corrected chi connectivity index (χ2v) is 5.79. The van der Waals surface area contributed by atoms with Crippen LogP contribution in [0.2, 0.25) is 0 Å². The molecule has 0 atom stereocenters. The van der Waals surface area contributed by atoms with Crippen LogP contribution in [0.4, 0.5) is 5.82 Å². The first-order chi connectivity index (χ1) is 11.8. The van der Waals surface area contributed by atoms with E-state index >= 15 is 0 Å². The van der Waals surface area contributed by atoms with Crippen molar-refractivity contribution in [2.45, 2.75) is 6.54 Å². The molecule has 0 spiro atoms. The van der Waals surface area contributed by atoms with Gasteiger partial charge < -0.3 is 14.6 Å². The summed E-state index contributed by atoms with van der Waals surface area (Å²) in [5, 5.41) is 3.35. The second kappa shape index (κ2) is 5.89. The quantitative estimate of drug-likeness (QED) is 0.744. The Balaban J connectivity index is 1.77. The molecule has 0 saturated heterocycles. The summed E-state index contributed by atoms with van der Waals surface area (Å²) in [6.45, 7) is 1.72. The molecule has 4 heteroatoms. The lowest BCUT2D eigenvalue weighted by atomic mass is 10.0. The summed E-state index contributed by atoms with van der Waals surface area (Å²) in [4.78, 5) is 13.0. The SMILES string of the molecule is COc1ccc(C(=O)c2cc(-c3ccccc3)n3c2NCC3)cc1. The molecule has 2 aromatic carbocycles. The van der Waals surface area contributed by atoms with Crippen molar-refractivity contribution in [2.75, 3.05) is 19.0 Å². The van der Waals surface area contributed by atoms with Crippen LogP contribution in [-0.4, -0.2) is 24.0 Å². The Morgan fingerprint density at radius 2 is 1.83 bits per heavy atom. The van der Waals surface area contributed by atoms with E-state index in [1.807, 2.05) is 48.5 Å². The van der Waals surface area contributed by atoms with Crippen LogP contribution in [0.15, 0.2) is 60.7 Å². The number of aromatic nitrogens is 1. The fraction of sp³-hybridized carbons (Fsp3) is 0.150. The highest BCUT2D eigenvalue weighted by Gasteiger charge is 2.24. The number of rotatable bonds is 4. The Bertz CT molecular complexity index is 880. The van der Waals surface area contributed by atoms with Gasteiger partial charge in [-0.05, 0) is 35.9 Å². The molecule has 4 nitrogen and oxygen atoms in total. The number of benzene rings is 2. The number of hydrogen-bond donors (Lipinski definition) is 1. The minimum atomic E-state index is 0.0259. The topological polar surface area (TPSA) is 43.3 Å². The molecule has 1 N–H and O–H groups in total. The number of methoxy groups -OCH3 is 1. The molecule has 1 aromatic heterocycles. The lowest BCUT2D eigenvalue weighted by Crippen LogP contribution is -2.04. The zero-order valence-electron chi connectivity index (χ0n) is 13.5. The lowest BCUT2D eigenvalue weighted by Gasteiger charge is -2.04. The molecule has 2 heterocycles. The van der Waals surface area contributed by atoms with Gasteiger partial charge in [-0.2, -0.15) is 0 Å². The number of fused-ring (bicyclic) bond motifs is 1. The Hall–Kier alpha value is -3.01. The van der Waals surface area contributed by atoms with Crippen molar-refractivity contribution < 1.29 is 9.53 Å². The second-order valence-electron chi connectivity index (χ2n) is 5.79. The lowest BCUT2D eigenvalue weighted by molar-refractivity contribution is 0.103. The van der Waals surface area contributed by atoms with Crippen LogP contribution >= 0.6 is 0 Å². The van der Waals surface area contributed by atoms with Crippen LogP contribution in [0.1, 0.15) is 15.9 Å². The van der Waals surface area contributed by atoms with Crippen LogP contribution in [0, 0.1) is 0 Å². The van der Waals surface area contributed by atoms with Crippen LogP contribution in [0.3, 0.4) is 0 Å². The molecule has 24 heavy (non-hydrogen) atoms. The van der Waals surface area contributed by atoms with Crippen molar-refractivity contribution in [3.8, 4) is 17.0 Å². The van der Waals surface area contributed by atoms with Crippen molar-refractivity contribution >= 4 is 11.6 Å². The summed E-state index contributed by atoms with van der Waals surface area (Å²) in [6, 6.07) is 19.4. The highest BCUT2D eigenvalue weighted by atomic mass is 16.5. The van der Waals surface area contributed by atoms with Crippen LogP contribution in [0.5, 0.6) is 5.75 Å². The fourth-order valence-corrected chi connectivity index (χ4v) is 3.18. The zero-order valence-corrected chi connectivity index (χ0v) is 13.5. The van der Waals surface area contributed by atoms with Gasteiger partial charge in [0, 0.05) is 18.7 Å². The maximum absolute atomic E-state index is 13.0. The van der Waals surface area contributed by atoms with E-state index in [1.54, 1.807) is 7.11 Å². The van der Waals surface area contributed by atoms with Gasteiger partial charge in [0.25, 0.3) is 0 Å². The highest BCUT2D eigenvalue weighted by molar-refractivity contribution is 6.13. The molecule has 1 aliphatic rings. The molecule has 0 amide bonds. The normalized spacial score (nSPS) is 12.5. The van der Waals surface area contributed by atoms with E-state index < -0.39 is 0 Å². The van der Waals surface area contributed by atoms with E-state index in [0.29, 0.717) is 5.56 Å². The average Bonchev–Trinajstić information content (AvgIpc) is 3.24. The Kier molecular flexibility index (Phi) is 3.58. The van der Waals surface area contributed by atoms with Gasteiger partial charge in [0.2, 0.25) is 0 Å². The van der Waals surface area contributed by atoms with Crippen LogP contribution in [0.25, 0.3) is 11.3 Å². The van der Waals surface area contributed by atoms with Crippen molar-refractivity contribution in [1.82, 2.24) is 4.57 Å². The molecule has 4 rings (SSSR count). The smallest absolute Gasteiger partial charge is 0.196 e. The third kappa shape index (κ3) is 2.36. The maximum Gasteiger partial charge on any atom is 0.196 e. The van der Waals surface area contributed by atoms with Gasteiger partial charge >= 0.3 is 0 Å². The monoisotopic (exact) mass is 318 g/mol. The first-order valence-electron chi connectivity index (χ1n) is 7.99. The molecule has 0 saturated carbocycles. The molecule has 0 radical (unpaired) electrons. The Morgan fingerprint density at radius 3 is 2.54 bits per heavy atom. The van der Waals surface area contributed by atoms with E-state index in [1.165, 1.54) is 0 Å². The molecule has 0 bridgehead atoms. The molecule has 1 aliphatic heterocycles. The number of ether oxygens (including phenoxy) is 1. The molecular weight excluding hydrogens is 300 g/mol. The minimum absolute atomic E-state index is 0.0259. The molecule has 0 unspecified atom stereocenters. The van der Waals surface area contributed by atoms with Gasteiger partial charge in [0.1, 0.15) is 11.6 Å². The summed E-state index contributed by atoms with van der Waals surface area (Å²) in [5.74, 6) is 1.68. The van der Waals surface area contributed by atoms with Crippen molar-refractivity contribution in [2.24, 2.45) is 0 Å². The number of carbonyl (C=O) groups is 1. The summed E-state index contributed by atoms with van der Waals surface area (Å²) < 4.78 is 7.35. The summed E-state index contributed by atoms with van der Waals surface area (Å²) in [5.41, 5.74) is 3.58. The maximum atomic E-state index is 13.0. The van der Waals surface area contributed by atoms with Crippen molar-refractivity contribution in [1.29, 1.82) is 0 Å². The third-order valence-electron chi connectivity index (χ3n) is 4.39. The number of carbonyl (C=O) groups excluding carboxylic acids is 1. The number of nitrogens with one attached hydrogen (secondary N) is 1. The molecular formula is C20H18N2O2. The zero-order chi connectivity index (χ0) is 16.5. The van der Waals surface area contributed by atoms with Gasteiger partial charge in [-0.15, -0.1) is 0 Å². The number of nitrogens with zero attached hydrogens (tertiary/aromatic N) is 1. The molecule has 120 valence electrons. The van der Waals surface area contributed by atoms with Gasteiger partial charge in [-0.1, -0.05) is 30.3 Å². The first kappa shape index (κ1) is 14.6. The molecule has 3 aromatic rings. The van der Waals surface area contributed by atoms with E-state index in [0.717, 1.165) is 41.5 Å². The Morgan fingerprint density at radius 1 is 1.08 bits per heavy atom. The van der Waals surface area contributed by atoms with Gasteiger partial charge in [-0.3, -0.25) is 4.79 Å². The van der Waals surface area contributed by atoms with Crippen molar-refractivity contribution in [3.63, 3.8) is 0 Å². The highest BCUT2D eigenvalue weighted by Crippen LogP contribution is 2.33. The van der Waals surface area contributed by atoms with Crippen LogP contribution in [-0.2, 0) is 6.54 Å². The molecule has 0 aliphatic carbocycles. The van der Waals surface area contributed by atoms with Gasteiger partial charge in [0.15, 0.2) is 5.78 Å². The fourth-order valence-electron chi connectivity index (χ4n) is 3.18. The van der Waals surface area contributed by atoms with E-state index in [9.17, 15) is 4.79 Å². The Labute approximate surface area is 140 Å². The number of ketones is 1. The summed E-state index contributed by atoms with van der Waals surface area (Å²) in [6.07, 6.45) is 0. The number of hydrogen-bond acceptors (Lipinski definition) is 3. The van der Waals surface area contributed by atoms with E-state index in [4.69, 9.17) is 4.74 Å². The van der Waals surface area contributed by atoms with E-state index in [2.05, 4.69) is 22.0 Å². The van der Waals surface area contributed by atoms with E-state index in [-0.39, 0.29) is 5.78 Å². The average molecular weight is 318 g/mol. The standard InChI is InChI=1S/C20H18N2O2/c1-24-16-9-7-15(8-10-16)19(23)17-13-18(14-5-3-2-4-6-14)22-12-11-21-20(17)22/h2-10,13,21H,11-12H2,1H3. The summed E-state index contributed by atoms with van der Waals surface area (Å²) in [7, 11) is 1.62.